The van der Waals surface area contributed by atoms with Gasteiger partial charge in [0.15, 0.2) is 23.6 Å². The maximum absolute atomic E-state index is 16.3. The molecule has 0 spiro atoms. The maximum Gasteiger partial charge on any atom is 0.509 e. The number of alkyl carbamates (subject to hydrolysis) is 1. The summed E-state index contributed by atoms with van der Waals surface area (Å²) in [5.74, 6) is -6.38. The van der Waals surface area contributed by atoms with Crippen molar-refractivity contribution in [1.82, 2.24) is 5.32 Å². The summed E-state index contributed by atoms with van der Waals surface area (Å²) in [6.07, 6.45) is -16.6. The van der Waals surface area contributed by atoms with E-state index in [1.165, 1.54) is 64.1 Å². The van der Waals surface area contributed by atoms with Gasteiger partial charge in [-0.2, -0.15) is 0 Å². The lowest BCUT2D eigenvalue weighted by Crippen LogP contribution is -2.82. The van der Waals surface area contributed by atoms with Gasteiger partial charge >= 0.3 is 36.3 Å². The van der Waals surface area contributed by atoms with E-state index in [0.717, 1.165) is 6.92 Å². The summed E-state index contributed by atoms with van der Waals surface area (Å²) in [6, 6.07) is 13.8. The predicted octanol–water partition coefficient (Wildman–Crippen LogP) is 8.32. The highest BCUT2D eigenvalue weighted by Crippen LogP contribution is 2.65. The van der Waals surface area contributed by atoms with Gasteiger partial charge in [0, 0.05) is 25.2 Å². The van der Waals surface area contributed by atoms with E-state index in [-0.39, 0.29) is 22.3 Å². The molecule has 2 bridgehead atoms. The van der Waals surface area contributed by atoms with Crippen molar-refractivity contribution < 1.29 is 86.4 Å². The average Bonchev–Trinajstić information content (AvgIpc) is 3.29. The second-order valence-corrected chi connectivity index (χ2v) is 25.1. The molecule has 11 atom stereocenters. The second kappa shape index (κ2) is 22.0. The first-order valence-electron chi connectivity index (χ1n) is 22.9. The number of fused-ring (bicyclic) bond motifs is 5. The number of benzene rings is 2. The fourth-order valence-corrected chi connectivity index (χ4v) is 10.7. The molecular formula is C49H55Cl6NO18. The summed E-state index contributed by atoms with van der Waals surface area (Å²) >= 11 is 35.4. The molecule has 2 aromatic rings. The summed E-state index contributed by atoms with van der Waals surface area (Å²) < 4.78 is 47.9. The Balaban J connectivity index is 1.61. The number of aliphatic hydroxyl groups excluding tert-OH is 1. The molecule has 0 radical (unpaired) electrons. The van der Waals surface area contributed by atoms with Crippen LogP contribution in [0.2, 0.25) is 0 Å². The van der Waals surface area contributed by atoms with E-state index in [0.29, 0.717) is 0 Å². The number of halogens is 6. The zero-order chi connectivity index (χ0) is 55.1. The van der Waals surface area contributed by atoms with Crippen molar-refractivity contribution >= 4 is 112 Å². The fraction of sp³-hybridized carbons (Fsp3) is 0.571. The van der Waals surface area contributed by atoms with Gasteiger partial charge in [-0.1, -0.05) is 132 Å². The predicted molar refractivity (Wildman–Crippen MR) is 265 cm³/mol. The zero-order valence-electron chi connectivity index (χ0n) is 41.1. The van der Waals surface area contributed by atoms with Gasteiger partial charge in [0.2, 0.25) is 7.59 Å². The van der Waals surface area contributed by atoms with E-state index in [4.69, 9.17) is 112 Å². The minimum absolute atomic E-state index is 0.0470. The molecule has 0 aromatic heterocycles. The number of rotatable bonds is 12. The number of ketones is 1. The molecule has 3 N–H and O–H groups in total. The molecule has 2 aromatic carbocycles. The molecular weight excluding hydrogens is 1100 g/mol. The van der Waals surface area contributed by atoms with Crippen molar-refractivity contribution in [2.24, 2.45) is 16.7 Å². The van der Waals surface area contributed by atoms with Gasteiger partial charge in [0.1, 0.15) is 48.8 Å². The Hall–Kier alpha value is -4.31. The van der Waals surface area contributed by atoms with Crippen LogP contribution in [-0.2, 0) is 57.0 Å². The van der Waals surface area contributed by atoms with E-state index in [1.807, 2.05) is 0 Å². The molecule has 19 nitrogen and oxygen atoms in total. The third-order valence-corrected chi connectivity index (χ3v) is 14.3. The third kappa shape index (κ3) is 12.4. The van der Waals surface area contributed by atoms with Crippen molar-refractivity contribution in [2.45, 2.75) is 135 Å². The number of alkyl halides is 6. The number of carbonyl (C=O) groups excluding carboxylic acids is 7. The molecule has 1 heterocycles. The van der Waals surface area contributed by atoms with Gasteiger partial charge in [-0.05, 0) is 63.5 Å². The number of aliphatic hydroxyl groups is 2. The number of hydrogen-bond acceptors (Lipinski definition) is 18. The molecule has 3 aliphatic carbocycles. The minimum atomic E-state index is -2.66. The smallest absolute Gasteiger partial charge is 0.456 e. The molecule has 406 valence electrons. The Morgan fingerprint density at radius 3 is 1.89 bits per heavy atom. The molecule has 3 fully saturated rings. The Kier molecular flexibility index (Phi) is 17.5. The van der Waals surface area contributed by atoms with Crippen LogP contribution in [0.25, 0.3) is 0 Å². The van der Waals surface area contributed by atoms with E-state index >= 15 is 4.79 Å². The molecule has 25 heteroatoms. The monoisotopic (exact) mass is 1160 g/mol. The quantitative estimate of drug-likeness (QED) is 0.0781. The van der Waals surface area contributed by atoms with Crippen molar-refractivity contribution in [3.8, 4) is 0 Å². The van der Waals surface area contributed by atoms with Crippen LogP contribution in [0.1, 0.15) is 90.2 Å². The highest BCUT2D eigenvalue weighted by molar-refractivity contribution is 6.68. The van der Waals surface area contributed by atoms with Crippen LogP contribution in [0.5, 0.6) is 0 Å². The number of esters is 3. The highest BCUT2D eigenvalue weighted by atomic mass is 35.6. The standard InChI is InChI=1S/C49H55Cl6NO18/c1-24-28(69-39(61)33(58)32(26-15-11-9-12-16-26)56-40(62)74-43(3,4)5)20-47(65)37(72-38(60)27-17-13-10-14-18-27)35-45(8,36(59)34(31(24)44(47,6)7)71-42(64)68-23-49(53,54)55)29(70-41(63)67-22-48(50,51)52)19-30-46(35,21-66-30)73-25(2)57/h9-18,28-30,32-35,37,58,65H,19-23H2,1-8H3,(H,56,62)/t28?,29?,30-,32?,33?,34?,35+,37?,45+,46-,47+/m0/s1. The van der Waals surface area contributed by atoms with Gasteiger partial charge in [-0.3, -0.25) is 9.59 Å². The maximum atomic E-state index is 16.3. The summed E-state index contributed by atoms with van der Waals surface area (Å²) in [5, 5.41) is 28.4. The number of ether oxygens (including phenoxy) is 9. The Bertz CT molecular complexity index is 2510. The van der Waals surface area contributed by atoms with Crippen molar-refractivity contribution in [2.75, 3.05) is 19.8 Å². The van der Waals surface area contributed by atoms with Crippen LogP contribution < -0.4 is 5.32 Å². The molecule has 6 unspecified atom stereocenters. The van der Waals surface area contributed by atoms with Crippen LogP contribution in [-0.4, -0.2) is 133 Å². The summed E-state index contributed by atoms with van der Waals surface area (Å²) in [5.41, 5.74) is -10.2. The first kappa shape index (κ1) is 58.9. The summed E-state index contributed by atoms with van der Waals surface area (Å²) in [4.78, 5) is 99.4. The van der Waals surface area contributed by atoms with E-state index in [2.05, 4.69) is 5.32 Å². The number of amides is 1. The lowest BCUT2D eigenvalue weighted by atomic mass is 9.44. The Morgan fingerprint density at radius 1 is 0.824 bits per heavy atom. The molecule has 4 aliphatic rings. The largest absolute Gasteiger partial charge is 0.509 e. The van der Waals surface area contributed by atoms with E-state index in [1.54, 1.807) is 45.0 Å². The van der Waals surface area contributed by atoms with Crippen LogP contribution in [0, 0.1) is 16.7 Å². The second-order valence-electron chi connectivity index (χ2n) is 20.1. The normalized spacial score (nSPS) is 29.2. The lowest BCUT2D eigenvalue weighted by Gasteiger charge is -2.67. The average molecular weight is 1160 g/mol. The number of nitrogens with one attached hydrogen (secondary N) is 1. The Morgan fingerprint density at radius 2 is 1.38 bits per heavy atom. The van der Waals surface area contributed by atoms with Crippen LogP contribution >= 0.6 is 69.6 Å². The highest BCUT2D eigenvalue weighted by Gasteiger charge is 2.79. The van der Waals surface area contributed by atoms with Gasteiger partial charge < -0.3 is 58.2 Å². The van der Waals surface area contributed by atoms with Crippen molar-refractivity contribution in [3.05, 3.63) is 82.9 Å². The summed E-state index contributed by atoms with van der Waals surface area (Å²) in [6.45, 7) is 9.11. The molecule has 74 heavy (non-hydrogen) atoms. The van der Waals surface area contributed by atoms with Crippen LogP contribution in [0.4, 0.5) is 14.4 Å². The third-order valence-electron chi connectivity index (χ3n) is 13.7. The van der Waals surface area contributed by atoms with Gasteiger partial charge in [0.05, 0.1) is 29.5 Å². The van der Waals surface area contributed by atoms with Crippen molar-refractivity contribution in [3.63, 3.8) is 0 Å². The molecule has 2 saturated carbocycles. The first-order valence-corrected chi connectivity index (χ1v) is 25.2. The minimum Gasteiger partial charge on any atom is -0.456 e. The number of Topliss-reactive ketones (excluding diaryl/α,β-unsaturated/α-hetero) is 1. The lowest BCUT2D eigenvalue weighted by molar-refractivity contribution is -0.346. The Labute approximate surface area is 455 Å². The van der Waals surface area contributed by atoms with Crippen LogP contribution in [0.15, 0.2) is 71.8 Å². The van der Waals surface area contributed by atoms with Crippen molar-refractivity contribution in [1.29, 1.82) is 0 Å². The van der Waals surface area contributed by atoms with Crippen LogP contribution in [0.3, 0.4) is 0 Å². The van der Waals surface area contributed by atoms with E-state index < -0.39 is 159 Å². The molecule has 1 aliphatic heterocycles. The molecule has 6 rings (SSSR count). The van der Waals surface area contributed by atoms with Gasteiger partial charge in [-0.15, -0.1) is 0 Å². The van der Waals surface area contributed by atoms with Gasteiger partial charge in [-0.25, -0.2) is 24.0 Å². The number of carbonyl (C=O) groups is 7. The topological polar surface area (TPSA) is 255 Å². The molecule has 1 saturated heterocycles. The SMILES string of the molecule is CC(=O)O[C@@]12CO[C@H]1CC(OC(=O)OCC(Cl)(Cl)Cl)[C@@]1(C)C(=O)C(OC(=O)OCC(Cl)(Cl)Cl)C3=C(C)C(OC(=O)C(O)C(NC(=O)OC(C)(C)C)c4ccccc4)C[C@@](O)(C(OC(=O)c4ccccc4)[C@@H]21)C3(C)C. The summed E-state index contributed by atoms with van der Waals surface area (Å²) in [7, 11) is 0. The fourth-order valence-electron chi connectivity index (χ4n) is 10.3. The first-order chi connectivity index (χ1) is 34.1. The number of hydrogen-bond donors (Lipinski definition) is 3. The molecule has 1 amide bonds. The van der Waals surface area contributed by atoms with Gasteiger partial charge in [0.25, 0.3) is 0 Å². The van der Waals surface area contributed by atoms with E-state index in [9.17, 15) is 39.0 Å². The zero-order valence-corrected chi connectivity index (χ0v) is 45.7.